The van der Waals surface area contributed by atoms with Crippen molar-refractivity contribution < 1.29 is 36.3 Å². The zero-order valence-corrected chi connectivity index (χ0v) is 33.3. The number of hydrogen-bond donors (Lipinski definition) is 1. The zero-order chi connectivity index (χ0) is 42.6. The summed E-state index contributed by atoms with van der Waals surface area (Å²) in [4.78, 5) is 58.6. The van der Waals surface area contributed by atoms with E-state index in [4.69, 9.17) is 16.3 Å². The van der Waals surface area contributed by atoms with Crippen LogP contribution >= 0.6 is 11.6 Å². The van der Waals surface area contributed by atoms with E-state index in [1.165, 1.54) is 10.9 Å². The molecule has 0 bridgehead atoms. The molecule has 2 aromatic carbocycles. The number of anilines is 2. The summed E-state index contributed by atoms with van der Waals surface area (Å²) in [6, 6.07) is 12.0. The first-order chi connectivity index (χ1) is 28.6. The number of carbonyl (C=O) groups is 2. The molecule has 1 aliphatic heterocycles. The van der Waals surface area contributed by atoms with Crippen LogP contribution in [0.5, 0.6) is 5.75 Å². The second kappa shape index (κ2) is 15.6. The van der Waals surface area contributed by atoms with Gasteiger partial charge in [-0.25, -0.2) is 18.7 Å². The van der Waals surface area contributed by atoms with E-state index >= 15 is 0 Å². The van der Waals surface area contributed by atoms with Crippen LogP contribution in [0.25, 0.3) is 11.4 Å². The maximum absolute atomic E-state index is 14.5. The lowest BCUT2D eigenvalue weighted by Gasteiger charge is -2.36. The van der Waals surface area contributed by atoms with E-state index in [-0.39, 0.29) is 110 Å². The molecule has 3 aromatic heterocycles. The minimum absolute atomic E-state index is 0.0122. The maximum atomic E-state index is 14.5. The zero-order valence-electron chi connectivity index (χ0n) is 32.5. The number of ether oxygens (including phenoxy) is 1. The van der Waals surface area contributed by atoms with Gasteiger partial charge >= 0.3 is 6.18 Å². The lowest BCUT2D eigenvalue weighted by molar-refractivity contribution is -0.137. The lowest BCUT2D eigenvalue weighted by Crippen LogP contribution is -2.51. The minimum Gasteiger partial charge on any atom is -0.485 e. The number of aryl methyl sites for hydroxylation is 1. The summed E-state index contributed by atoms with van der Waals surface area (Å²) in [6.07, 6.45) is -0.983. The van der Waals surface area contributed by atoms with Gasteiger partial charge in [0.25, 0.3) is 17.4 Å². The van der Waals surface area contributed by atoms with Crippen LogP contribution in [-0.2, 0) is 30.5 Å². The Hall–Kier alpha value is -5.91. The fraction of sp³-hybridized carbons (Fsp3) is 0.390. The molecular formula is C41H39ClF5N9O4. The molecule has 1 N–H and O–H groups in total. The van der Waals surface area contributed by atoms with Crippen LogP contribution in [0, 0.1) is 12.3 Å². The Labute approximate surface area is 344 Å². The first kappa shape index (κ1) is 40.9. The average molecular weight is 852 g/mol. The SMILES string of the molecule is CCc1c(N2CCN(C(=O)c3ncnc(C)c3OCc3ccccc3)CC2)c(=O)n2nc(C3=CCC4(CC3)CC4(F)F)nc2n1CC(=O)Nc1ccc(C(F)(F)F)cc1Cl. The third kappa shape index (κ3) is 7.68. The van der Waals surface area contributed by atoms with Crippen LogP contribution in [0.1, 0.15) is 71.4 Å². The number of piperazine rings is 1. The third-order valence-corrected chi connectivity index (χ3v) is 11.7. The number of nitrogens with zero attached hydrogens (tertiary/aromatic N) is 8. The van der Waals surface area contributed by atoms with Gasteiger partial charge in [0, 0.05) is 38.0 Å². The number of benzene rings is 2. The van der Waals surface area contributed by atoms with Gasteiger partial charge in [-0.2, -0.15) is 22.7 Å². The topological polar surface area (TPSA) is 140 Å². The molecule has 2 amide bonds. The van der Waals surface area contributed by atoms with Crippen molar-refractivity contribution in [2.24, 2.45) is 5.41 Å². The van der Waals surface area contributed by atoms with E-state index in [1.807, 2.05) is 35.2 Å². The monoisotopic (exact) mass is 851 g/mol. The number of hydrogen-bond acceptors (Lipinski definition) is 9. The highest BCUT2D eigenvalue weighted by Gasteiger charge is 2.70. The first-order valence-corrected chi connectivity index (χ1v) is 19.8. The van der Waals surface area contributed by atoms with Crippen LogP contribution in [0.15, 0.2) is 65.7 Å². The molecule has 8 rings (SSSR count). The standard InChI is InChI=1S/C41H39ClF5N9O4/c1-3-30-33(53-15-17-54(18-16-53)36(58)32-34(24(2)48-23-49-32)60-21-25-7-5-4-6-8-25)37(59)56-38(51-35(52-56)26-11-13-39(14-12-26)22-40(39,43)44)55(30)20-31(57)50-29-10-9-27(19-28(29)42)41(45,46)47/h4-11,19,23H,3,12-18,20-22H2,1-2H3,(H,50,57). The molecule has 1 spiro atoms. The summed E-state index contributed by atoms with van der Waals surface area (Å²) < 4.78 is 76.9. The number of halogens is 6. The van der Waals surface area contributed by atoms with E-state index in [1.54, 1.807) is 24.8 Å². The van der Waals surface area contributed by atoms with Crippen molar-refractivity contribution >= 4 is 46.1 Å². The van der Waals surface area contributed by atoms with Gasteiger partial charge in [0.2, 0.25) is 11.7 Å². The van der Waals surface area contributed by atoms with Gasteiger partial charge in [-0.15, -0.1) is 5.10 Å². The second-order valence-electron chi connectivity index (χ2n) is 15.2. The van der Waals surface area contributed by atoms with Crippen molar-refractivity contribution in [3.63, 3.8) is 0 Å². The Balaban J connectivity index is 1.09. The molecule has 1 atom stereocenters. The van der Waals surface area contributed by atoms with Gasteiger partial charge in [0.1, 0.15) is 25.2 Å². The molecule has 0 radical (unpaired) electrons. The fourth-order valence-corrected chi connectivity index (χ4v) is 8.19. The van der Waals surface area contributed by atoms with Gasteiger partial charge in [-0.3, -0.25) is 14.4 Å². The van der Waals surface area contributed by atoms with E-state index in [0.717, 1.165) is 22.2 Å². The van der Waals surface area contributed by atoms with E-state index in [9.17, 15) is 36.3 Å². The molecule has 2 fully saturated rings. The van der Waals surface area contributed by atoms with E-state index < -0.39 is 41.1 Å². The van der Waals surface area contributed by atoms with E-state index in [0.29, 0.717) is 23.0 Å². The summed E-state index contributed by atoms with van der Waals surface area (Å²) in [5.74, 6) is -3.35. The number of fused-ring (bicyclic) bond motifs is 1. The molecule has 314 valence electrons. The minimum atomic E-state index is -4.65. The highest BCUT2D eigenvalue weighted by Crippen LogP contribution is 2.67. The quantitative estimate of drug-likeness (QED) is 0.147. The molecule has 13 nitrogen and oxygen atoms in total. The van der Waals surface area contributed by atoms with Gasteiger partial charge in [-0.1, -0.05) is 54.9 Å². The maximum Gasteiger partial charge on any atom is 0.416 e. The normalized spacial score (nSPS) is 18.8. The smallest absolute Gasteiger partial charge is 0.416 e. The third-order valence-electron chi connectivity index (χ3n) is 11.4. The van der Waals surface area contributed by atoms with Crippen molar-refractivity contribution in [1.29, 1.82) is 0 Å². The molecular weight excluding hydrogens is 813 g/mol. The average Bonchev–Trinajstić information content (AvgIpc) is 3.50. The highest BCUT2D eigenvalue weighted by atomic mass is 35.5. The summed E-state index contributed by atoms with van der Waals surface area (Å²) in [5, 5.41) is 6.79. The van der Waals surface area contributed by atoms with Crippen molar-refractivity contribution in [2.75, 3.05) is 36.4 Å². The van der Waals surface area contributed by atoms with Gasteiger partial charge < -0.3 is 24.4 Å². The molecule has 5 aromatic rings. The number of alkyl halides is 5. The molecule has 1 saturated heterocycles. The Morgan fingerprint density at radius 3 is 2.40 bits per heavy atom. The van der Waals surface area contributed by atoms with Crippen molar-refractivity contribution in [2.45, 2.75) is 71.2 Å². The largest absolute Gasteiger partial charge is 0.485 e. The van der Waals surface area contributed by atoms with E-state index in [2.05, 4.69) is 25.4 Å². The Morgan fingerprint density at radius 2 is 1.77 bits per heavy atom. The predicted octanol–water partition coefficient (Wildman–Crippen LogP) is 7.00. The number of rotatable bonds is 10. The summed E-state index contributed by atoms with van der Waals surface area (Å²) >= 11 is 6.15. The predicted molar refractivity (Wildman–Crippen MR) is 211 cm³/mol. The fourth-order valence-electron chi connectivity index (χ4n) is 7.96. The molecule has 1 saturated carbocycles. The Bertz CT molecular complexity index is 2590. The highest BCUT2D eigenvalue weighted by molar-refractivity contribution is 6.33. The van der Waals surface area contributed by atoms with Crippen LogP contribution in [-0.4, -0.2) is 77.9 Å². The second-order valence-corrected chi connectivity index (χ2v) is 15.6. The molecule has 3 aliphatic rings. The summed E-state index contributed by atoms with van der Waals surface area (Å²) in [7, 11) is 0. The summed E-state index contributed by atoms with van der Waals surface area (Å²) in [6.45, 7) is 4.07. The Morgan fingerprint density at radius 1 is 1.03 bits per heavy atom. The number of aromatic nitrogens is 6. The molecule has 4 heterocycles. The summed E-state index contributed by atoms with van der Waals surface area (Å²) in [5.41, 5.74) is 0.0675. The van der Waals surface area contributed by atoms with Crippen molar-refractivity contribution in [3.8, 4) is 5.75 Å². The van der Waals surface area contributed by atoms with Crippen molar-refractivity contribution in [1.82, 2.24) is 34.0 Å². The number of allylic oxidation sites excluding steroid dienone is 2. The molecule has 60 heavy (non-hydrogen) atoms. The molecule has 1 unspecified atom stereocenters. The Kier molecular flexibility index (Phi) is 10.6. The number of carbonyl (C=O) groups excluding carboxylic acids is 2. The van der Waals surface area contributed by atoms with Crippen molar-refractivity contribution in [3.05, 3.63) is 110 Å². The van der Waals surface area contributed by atoms with Crippen LogP contribution in [0.4, 0.5) is 33.3 Å². The van der Waals surface area contributed by atoms with Gasteiger partial charge in [0.05, 0.1) is 27.7 Å². The lowest BCUT2D eigenvalue weighted by atomic mass is 9.86. The molecule has 19 heteroatoms. The van der Waals surface area contributed by atoms with Gasteiger partial charge in [-0.05, 0) is 61.9 Å². The van der Waals surface area contributed by atoms with Crippen LogP contribution in [0.2, 0.25) is 5.02 Å². The van der Waals surface area contributed by atoms with Gasteiger partial charge in [0.15, 0.2) is 17.3 Å². The van der Waals surface area contributed by atoms with Crippen LogP contribution < -0.4 is 20.5 Å². The molecule has 2 aliphatic carbocycles. The van der Waals surface area contributed by atoms with Crippen LogP contribution in [0.3, 0.4) is 0 Å². The number of nitrogens with one attached hydrogen (secondary N) is 1. The first-order valence-electron chi connectivity index (χ1n) is 19.4. The number of amides is 2.